The number of para-hydroxylation sites is 2. The summed E-state index contributed by atoms with van der Waals surface area (Å²) in [6, 6.07) is 44.3. The lowest BCUT2D eigenvalue weighted by Crippen LogP contribution is -2.09. The van der Waals surface area contributed by atoms with Gasteiger partial charge in [-0.05, 0) is 97.0 Å². The smallest absolute Gasteiger partial charge is 0.165 e. The molecule has 5 aromatic carbocycles. The number of imidazole rings is 1. The number of nitrogens with zero attached hydrogens (tertiary/aromatic N) is 6. The van der Waals surface area contributed by atoms with Crippen LogP contribution in [0, 0.1) is 0 Å². The van der Waals surface area contributed by atoms with E-state index in [2.05, 4.69) is 157 Å². The number of nitrogens with two attached hydrogens (primary N) is 1. The van der Waals surface area contributed by atoms with Gasteiger partial charge in [-0.3, -0.25) is 0 Å². The van der Waals surface area contributed by atoms with Crippen molar-refractivity contribution >= 4 is 55.8 Å². The van der Waals surface area contributed by atoms with Crippen LogP contribution < -0.4 is 10.6 Å². The molecule has 0 saturated heterocycles. The fourth-order valence-electron chi connectivity index (χ4n) is 7.11. The molecule has 8 aromatic rings. The predicted molar refractivity (Wildman–Crippen MR) is 207 cm³/mol. The molecule has 3 aromatic heterocycles. The zero-order valence-corrected chi connectivity index (χ0v) is 28.4. The molecule has 2 N–H and O–H groups in total. The molecule has 0 aliphatic carbocycles. The fraction of sp³-hybridized carbons (Fsp3) is 0.186. The lowest BCUT2D eigenvalue weighted by atomic mass is 10.0. The van der Waals surface area contributed by atoms with Crippen LogP contribution in [-0.4, -0.2) is 24.1 Å². The third-order valence-electron chi connectivity index (χ3n) is 9.72. The van der Waals surface area contributed by atoms with Gasteiger partial charge >= 0.3 is 0 Å². The highest BCUT2D eigenvalue weighted by atomic mass is 15.1. The second kappa shape index (κ2) is 13.9. The maximum Gasteiger partial charge on any atom is 0.165 e. The average molecular weight is 656 g/mol. The Balaban J connectivity index is 1.05. The predicted octanol–water partition coefficient (Wildman–Crippen LogP) is 10.5. The van der Waals surface area contributed by atoms with Gasteiger partial charge in [0.05, 0.1) is 6.33 Å². The van der Waals surface area contributed by atoms with Crippen LogP contribution in [0.4, 0.5) is 22.9 Å². The van der Waals surface area contributed by atoms with Crippen LogP contribution in [0.5, 0.6) is 0 Å². The summed E-state index contributed by atoms with van der Waals surface area (Å²) >= 11 is 0. The van der Waals surface area contributed by atoms with E-state index in [4.69, 9.17) is 5.73 Å². The molecule has 0 aliphatic heterocycles. The number of anilines is 4. The number of hydrogen-bond acceptors (Lipinski definition) is 5. The number of nitrogen functional groups attached to an aromatic ring is 1. The highest BCUT2D eigenvalue weighted by Gasteiger charge is 2.15. The number of rotatable bonds is 12. The second-order valence-electron chi connectivity index (χ2n) is 13.0. The summed E-state index contributed by atoms with van der Waals surface area (Å²) in [7, 11) is 0. The largest absolute Gasteiger partial charge is 0.382 e. The van der Waals surface area contributed by atoms with E-state index in [1.165, 1.54) is 57.7 Å². The Kier molecular flexibility index (Phi) is 8.70. The van der Waals surface area contributed by atoms with Crippen LogP contribution in [0.15, 0.2) is 134 Å². The van der Waals surface area contributed by atoms with Crippen molar-refractivity contribution in [1.82, 2.24) is 24.1 Å². The lowest BCUT2D eigenvalue weighted by Gasteiger charge is -2.26. The summed E-state index contributed by atoms with van der Waals surface area (Å²) in [5, 5.41) is 2.57. The molecular formula is C43H41N7. The SMILES string of the molecule is CCCCc1ccc(N(c2ccccc2)c2ccc(-c3ccc4c(c3)c3ccccc3n4CCCCn3cnc4c(N)ncnc43)cc2)cc1. The van der Waals surface area contributed by atoms with Gasteiger partial charge in [0.1, 0.15) is 11.8 Å². The molecule has 3 heterocycles. The Labute approximate surface area is 292 Å². The van der Waals surface area contributed by atoms with E-state index in [1.54, 1.807) is 0 Å². The Morgan fingerprint density at radius 2 is 1.30 bits per heavy atom. The highest BCUT2D eigenvalue weighted by Crippen LogP contribution is 2.37. The quantitative estimate of drug-likeness (QED) is 0.133. The van der Waals surface area contributed by atoms with Gasteiger partial charge in [-0.1, -0.05) is 80.1 Å². The van der Waals surface area contributed by atoms with Gasteiger partial charge in [-0.15, -0.1) is 0 Å². The summed E-state index contributed by atoms with van der Waals surface area (Å²) in [4.78, 5) is 15.2. The molecular weight excluding hydrogens is 615 g/mol. The first-order valence-corrected chi connectivity index (χ1v) is 17.6. The minimum Gasteiger partial charge on any atom is -0.382 e. The van der Waals surface area contributed by atoms with Crippen LogP contribution >= 0.6 is 0 Å². The first kappa shape index (κ1) is 31.3. The molecule has 248 valence electrons. The van der Waals surface area contributed by atoms with Gasteiger partial charge in [0.2, 0.25) is 0 Å². The summed E-state index contributed by atoms with van der Waals surface area (Å²) in [6.45, 7) is 4.00. The Bertz CT molecular complexity index is 2370. The van der Waals surface area contributed by atoms with Crippen LogP contribution in [0.2, 0.25) is 0 Å². The lowest BCUT2D eigenvalue weighted by molar-refractivity contribution is 0.572. The molecule has 8 rings (SSSR count). The van der Waals surface area contributed by atoms with Crippen molar-refractivity contribution in [2.45, 2.75) is 52.1 Å². The van der Waals surface area contributed by atoms with Gasteiger partial charge in [0.15, 0.2) is 11.5 Å². The fourth-order valence-corrected chi connectivity index (χ4v) is 7.11. The molecule has 7 heteroatoms. The number of hydrogen-bond donors (Lipinski definition) is 1. The maximum atomic E-state index is 5.99. The van der Waals surface area contributed by atoms with Crippen molar-refractivity contribution < 1.29 is 0 Å². The van der Waals surface area contributed by atoms with E-state index in [1.807, 2.05) is 6.33 Å². The molecule has 0 fully saturated rings. The number of unbranched alkanes of at least 4 members (excludes halogenated alkanes) is 2. The van der Waals surface area contributed by atoms with Crippen molar-refractivity contribution in [3.8, 4) is 11.1 Å². The monoisotopic (exact) mass is 655 g/mol. The standard InChI is InChI=1S/C43H41N7/c1-2-3-11-31-16-21-35(22-17-31)50(34-12-5-4-6-13-34)36-23-18-32(19-24-36)33-20-25-40-38(28-33)37-14-7-8-15-39(37)49(40)27-10-9-26-48-30-47-41-42(44)45-29-46-43(41)48/h4-8,12-25,28-30H,2-3,9-11,26-27H2,1H3,(H2,44,45,46). The molecule has 50 heavy (non-hydrogen) atoms. The van der Waals surface area contributed by atoms with E-state index in [9.17, 15) is 0 Å². The Morgan fingerprint density at radius 1 is 0.620 bits per heavy atom. The minimum absolute atomic E-state index is 0.423. The van der Waals surface area contributed by atoms with Gasteiger partial charge in [-0.2, -0.15) is 0 Å². The van der Waals surface area contributed by atoms with Crippen LogP contribution in [0.3, 0.4) is 0 Å². The minimum atomic E-state index is 0.423. The van der Waals surface area contributed by atoms with Crippen LogP contribution in [0.1, 0.15) is 38.2 Å². The summed E-state index contributed by atoms with van der Waals surface area (Å²) < 4.78 is 4.54. The average Bonchev–Trinajstić information content (AvgIpc) is 3.73. The molecule has 0 bridgehead atoms. The first-order valence-electron chi connectivity index (χ1n) is 17.6. The molecule has 0 aliphatic rings. The van der Waals surface area contributed by atoms with Crippen molar-refractivity contribution in [2.24, 2.45) is 0 Å². The number of fused-ring (bicyclic) bond motifs is 4. The number of aromatic nitrogens is 5. The summed E-state index contributed by atoms with van der Waals surface area (Å²) in [5.74, 6) is 0.423. The van der Waals surface area contributed by atoms with Gasteiger partial charge in [0.25, 0.3) is 0 Å². The Morgan fingerprint density at radius 3 is 2.10 bits per heavy atom. The van der Waals surface area contributed by atoms with Gasteiger partial charge < -0.3 is 19.8 Å². The zero-order chi connectivity index (χ0) is 33.9. The Hall–Kier alpha value is -5.95. The van der Waals surface area contributed by atoms with Crippen molar-refractivity contribution in [3.05, 3.63) is 140 Å². The van der Waals surface area contributed by atoms with Crippen molar-refractivity contribution in [2.75, 3.05) is 10.6 Å². The maximum absolute atomic E-state index is 5.99. The number of benzene rings is 5. The normalized spacial score (nSPS) is 11.5. The molecule has 0 unspecified atom stereocenters. The second-order valence-corrected chi connectivity index (χ2v) is 13.0. The van der Waals surface area contributed by atoms with Crippen molar-refractivity contribution in [1.29, 1.82) is 0 Å². The molecule has 0 radical (unpaired) electrons. The van der Waals surface area contributed by atoms with Gasteiger partial charge in [0, 0.05) is 52.0 Å². The van der Waals surface area contributed by atoms with E-state index in [0.29, 0.717) is 11.3 Å². The number of aryl methyl sites for hydroxylation is 3. The van der Waals surface area contributed by atoms with E-state index < -0.39 is 0 Å². The molecule has 0 saturated carbocycles. The zero-order valence-electron chi connectivity index (χ0n) is 28.4. The molecule has 0 atom stereocenters. The van der Waals surface area contributed by atoms with Crippen LogP contribution in [-0.2, 0) is 19.5 Å². The highest BCUT2D eigenvalue weighted by molar-refractivity contribution is 6.09. The first-order chi connectivity index (χ1) is 24.7. The van der Waals surface area contributed by atoms with E-state index in [0.717, 1.165) is 55.1 Å². The molecule has 7 nitrogen and oxygen atoms in total. The van der Waals surface area contributed by atoms with E-state index >= 15 is 0 Å². The van der Waals surface area contributed by atoms with Crippen LogP contribution in [0.25, 0.3) is 44.1 Å². The van der Waals surface area contributed by atoms with E-state index in [-0.39, 0.29) is 0 Å². The van der Waals surface area contributed by atoms with Gasteiger partial charge in [-0.25, -0.2) is 15.0 Å². The third kappa shape index (κ3) is 6.07. The molecule has 0 amide bonds. The summed E-state index contributed by atoms with van der Waals surface area (Å²) in [6.07, 6.45) is 8.88. The van der Waals surface area contributed by atoms with Crippen molar-refractivity contribution in [3.63, 3.8) is 0 Å². The topological polar surface area (TPSA) is 77.8 Å². The third-order valence-corrected chi connectivity index (χ3v) is 9.72. The molecule has 0 spiro atoms. The summed E-state index contributed by atoms with van der Waals surface area (Å²) in [5.41, 5.74) is 17.2.